The van der Waals surface area contributed by atoms with Gasteiger partial charge < -0.3 is 9.30 Å². The second-order valence-electron chi connectivity index (χ2n) is 7.89. The summed E-state index contributed by atoms with van der Waals surface area (Å²) in [5, 5.41) is 1.06. The van der Waals surface area contributed by atoms with Crippen molar-refractivity contribution in [2.24, 2.45) is 0 Å². The van der Waals surface area contributed by atoms with E-state index < -0.39 is 5.97 Å². The highest BCUT2D eigenvalue weighted by molar-refractivity contribution is 9.10. The molecule has 0 spiro atoms. The maximum absolute atomic E-state index is 13.6. The molecule has 0 saturated carbocycles. The number of ether oxygens (including phenoxy) is 1. The van der Waals surface area contributed by atoms with Crippen molar-refractivity contribution in [3.05, 3.63) is 96.8 Å². The Kier molecular flexibility index (Phi) is 6.76. The number of esters is 1. The van der Waals surface area contributed by atoms with Crippen LogP contribution in [-0.4, -0.2) is 23.6 Å². The van der Waals surface area contributed by atoms with Crippen LogP contribution >= 0.6 is 39.1 Å². The van der Waals surface area contributed by atoms with Crippen LogP contribution in [0.3, 0.4) is 0 Å². The molecule has 2 heterocycles. The van der Waals surface area contributed by atoms with E-state index in [0.29, 0.717) is 21.4 Å². The minimum Gasteiger partial charge on any atom is -0.465 e. The van der Waals surface area contributed by atoms with E-state index in [4.69, 9.17) is 27.9 Å². The van der Waals surface area contributed by atoms with Crippen LogP contribution in [0.15, 0.2) is 69.8 Å². The number of carbonyl (C=O) groups excluding carboxylic acids is 2. The van der Waals surface area contributed by atoms with Crippen LogP contribution < -0.4 is 4.90 Å². The zero-order valence-corrected chi connectivity index (χ0v) is 22.0. The molecule has 0 aliphatic carbocycles. The number of hydrogen-bond donors (Lipinski definition) is 0. The van der Waals surface area contributed by atoms with E-state index in [0.717, 1.165) is 27.1 Å². The summed E-state index contributed by atoms with van der Waals surface area (Å²) in [5.41, 5.74) is 5.02. The van der Waals surface area contributed by atoms with Crippen LogP contribution in [0.2, 0.25) is 10.0 Å². The van der Waals surface area contributed by atoms with E-state index in [2.05, 4.69) is 15.9 Å². The van der Waals surface area contributed by atoms with Crippen LogP contribution in [0.1, 0.15) is 23.9 Å². The van der Waals surface area contributed by atoms with E-state index in [1.165, 1.54) is 12.0 Å². The fraction of sp³-hybridized carbons (Fsp3) is 0.154. The van der Waals surface area contributed by atoms with E-state index in [1.54, 1.807) is 25.1 Å². The molecule has 0 saturated heterocycles. The molecule has 2 aromatic carbocycles. The van der Waals surface area contributed by atoms with Crippen LogP contribution in [0, 0.1) is 13.8 Å². The van der Waals surface area contributed by atoms with Crippen molar-refractivity contribution in [3.8, 4) is 5.69 Å². The van der Waals surface area contributed by atoms with Gasteiger partial charge in [-0.1, -0.05) is 45.2 Å². The van der Waals surface area contributed by atoms with Crippen LogP contribution in [0.4, 0.5) is 5.69 Å². The molecule has 1 amide bonds. The lowest BCUT2D eigenvalue weighted by Crippen LogP contribution is -2.24. The summed E-state index contributed by atoms with van der Waals surface area (Å²) in [6.45, 7) is 5.62. The average Bonchev–Trinajstić information content (AvgIpc) is 3.19. The SMILES string of the molecule is COC(=O)C1=C(C)N(c2cccc(Br)c2)C(=O)/C1=C\c1cc(C)n(-c2ccc(Cl)cc2Cl)c1C. The van der Waals surface area contributed by atoms with Crippen molar-refractivity contribution < 1.29 is 14.3 Å². The van der Waals surface area contributed by atoms with Gasteiger partial charge in [-0.15, -0.1) is 0 Å². The number of allylic oxidation sites excluding steroid dienone is 1. The van der Waals surface area contributed by atoms with Gasteiger partial charge in [0.2, 0.25) is 0 Å². The molecule has 0 N–H and O–H groups in total. The van der Waals surface area contributed by atoms with Crippen molar-refractivity contribution in [1.82, 2.24) is 4.57 Å². The maximum Gasteiger partial charge on any atom is 0.340 e. The number of rotatable bonds is 4. The first-order valence-corrected chi connectivity index (χ1v) is 11.9. The number of halogens is 3. The fourth-order valence-electron chi connectivity index (χ4n) is 4.23. The highest BCUT2D eigenvalue weighted by Crippen LogP contribution is 2.37. The fourth-order valence-corrected chi connectivity index (χ4v) is 5.11. The number of anilines is 1. The molecule has 0 atom stereocenters. The number of benzene rings is 2. The van der Waals surface area contributed by atoms with Crippen molar-refractivity contribution in [3.63, 3.8) is 0 Å². The predicted octanol–water partition coefficient (Wildman–Crippen LogP) is 7.04. The Labute approximate surface area is 216 Å². The maximum atomic E-state index is 13.6. The van der Waals surface area contributed by atoms with Gasteiger partial charge in [0.15, 0.2) is 0 Å². The summed E-state index contributed by atoms with van der Waals surface area (Å²) in [5.74, 6) is -0.866. The number of methoxy groups -OCH3 is 1. The van der Waals surface area contributed by atoms with E-state index in [9.17, 15) is 9.59 Å². The van der Waals surface area contributed by atoms with Crippen molar-refractivity contribution in [1.29, 1.82) is 0 Å². The number of aromatic nitrogens is 1. The third kappa shape index (κ3) is 4.22. The third-order valence-corrected chi connectivity index (χ3v) is 6.81. The molecule has 4 rings (SSSR count). The summed E-state index contributed by atoms with van der Waals surface area (Å²) >= 11 is 16.0. The number of nitrogens with zero attached hydrogens (tertiary/aromatic N) is 2. The van der Waals surface area contributed by atoms with E-state index >= 15 is 0 Å². The Bertz CT molecular complexity index is 1410. The van der Waals surface area contributed by atoms with Gasteiger partial charge in [-0.3, -0.25) is 9.69 Å². The second-order valence-corrected chi connectivity index (χ2v) is 9.65. The van der Waals surface area contributed by atoms with Gasteiger partial charge in [-0.2, -0.15) is 0 Å². The molecular weight excluding hydrogens is 539 g/mol. The number of carbonyl (C=O) groups is 2. The normalized spacial score (nSPS) is 15.0. The molecule has 0 bridgehead atoms. The number of amides is 1. The van der Waals surface area contributed by atoms with Gasteiger partial charge in [0, 0.05) is 26.6 Å². The molecule has 5 nitrogen and oxygen atoms in total. The summed E-state index contributed by atoms with van der Waals surface area (Å²) in [4.78, 5) is 27.8. The zero-order chi connectivity index (χ0) is 24.7. The van der Waals surface area contributed by atoms with Gasteiger partial charge in [-0.05, 0) is 74.9 Å². The van der Waals surface area contributed by atoms with Crippen molar-refractivity contribution >= 4 is 62.8 Å². The minimum absolute atomic E-state index is 0.238. The average molecular weight is 560 g/mol. The third-order valence-electron chi connectivity index (χ3n) is 5.78. The number of hydrogen-bond acceptors (Lipinski definition) is 3. The smallest absolute Gasteiger partial charge is 0.340 e. The standard InChI is InChI=1S/C26H21BrCl2N2O3/c1-14-10-17(15(2)30(14)23-9-8-19(28)13-22(23)29)11-21-24(26(33)34-4)16(3)31(25(21)32)20-7-5-6-18(27)12-20/h5-13H,1-4H3/b21-11-. The predicted molar refractivity (Wildman–Crippen MR) is 140 cm³/mol. The van der Waals surface area contributed by atoms with Gasteiger partial charge in [0.25, 0.3) is 5.91 Å². The molecule has 0 radical (unpaired) electrons. The van der Waals surface area contributed by atoms with E-state index in [1.807, 2.05) is 54.8 Å². The summed E-state index contributed by atoms with van der Waals surface area (Å²) in [7, 11) is 1.31. The minimum atomic E-state index is -0.566. The van der Waals surface area contributed by atoms with E-state index in [-0.39, 0.29) is 17.1 Å². The van der Waals surface area contributed by atoms with Crippen LogP contribution in [-0.2, 0) is 14.3 Å². The van der Waals surface area contributed by atoms with Crippen LogP contribution in [0.25, 0.3) is 11.8 Å². The lowest BCUT2D eigenvalue weighted by molar-refractivity contribution is -0.136. The Hall–Kier alpha value is -2.80. The molecule has 0 fully saturated rings. The van der Waals surface area contributed by atoms with Gasteiger partial charge in [0.1, 0.15) is 0 Å². The molecule has 1 aliphatic heterocycles. The highest BCUT2D eigenvalue weighted by atomic mass is 79.9. The first kappa shape index (κ1) is 24.3. The molecule has 174 valence electrons. The first-order chi connectivity index (χ1) is 16.1. The molecule has 0 unspecified atom stereocenters. The molecular formula is C26H21BrCl2N2O3. The summed E-state index contributed by atoms with van der Waals surface area (Å²) in [6, 6.07) is 14.6. The zero-order valence-electron chi connectivity index (χ0n) is 18.9. The lowest BCUT2D eigenvalue weighted by atomic mass is 10.0. The van der Waals surface area contributed by atoms with Crippen molar-refractivity contribution in [2.75, 3.05) is 12.0 Å². The highest BCUT2D eigenvalue weighted by Gasteiger charge is 2.38. The summed E-state index contributed by atoms with van der Waals surface area (Å²) in [6.07, 6.45) is 1.73. The molecule has 1 aliphatic rings. The van der Waals surface area contributed by atoms with Crippen molar-refractivity contribution in [2.45, 2.75) is 20.8 Å². The quantitative estimate of drug-likeness (QED) is 0.254. The topological polar surface area (TPSA) is 51.5 Å². The Morgan fingerprint density at radius 3 is 2.44 bits per heavy atom. The Morgan fingerprint density at radius 2 is 1.79 bits per heavy atom. The van der Waals surface area contributed by atoms with Gasteiger partial charge >= 0.3 is 5.97 Å². The lowest BCUT2D eigenvalue weighted by Gasteiger charge is -2.18. The monoisotopic (exact) mass is 558 g/mol. The first-order valence-electron chi connectivity index (χ1n) is 10.4. The molecule has 3 aromatic rings. The van der Waals surface area contributed by atoms with Gasteiger partial charge in [0.05, 0.1) is 34.7 Å². The largest absolute Gasteiger partial charge is 0.465 e. The van der Waals surface area contributed by atoms with Crippen LogP contribution in [0.5, 0.6) is 0 Å². The Morgan fingerprint density at radius 1 is 1.06 bits per heavy atom. The summed E-state index contributed by atoms with van der Waals surface area (Å²) < 4.78 is 7.84. The molecule has 8 heteroatoms. The molecule has 1 aromatic heterocycles. The molecule has 34 heavy (non-hydrogen) atoms. The van der Waals surface area contributed by atoms with Gasteiger partial charge in [-0.25, -0.2) is 4.79 Å². The second kappa shape index (κ2) is 9.45. The Balaban J connectivity index is 1.86. The number of aryl methyl sites for hydroxylation is 1.